The highest BCUT2D eigenvalue weighted by atomic mass is 16.2. The second-order valence-corrected chi connectivity index (χ2v) is 5.71. The molecule has 104 valence electrons. The van der Waals surface area contributed by atoms with Gasteiger partial charge in [-0.2, -0.15) is 0 Å². The smallest absolute Gasteiger partial charge is 0.223 e. The maximum atomic E-state index is 12.4. The standard InChI is InChI=1S/C16H24N2O/c1-3-12(2)10-16(19)18(15-8-9-15)11-13-4-6-14(17)7-5-13/h4-7,12,15H,3,8-11,17H2,1-2H3. The van der Waals surface area contributed by atoms with Gasteiger partial charge in [0.1, 0.15) is 0 Å². The molecule has 1 amide bonds. The van der Waals surface area contributed by atoms with Gasteiger partial charge in [0.15, 0.2) is 0 Å². The molecule has 3 heteroatoms. The zero-order valence-electron chi connectivity index (χ0n) is 11.9. The van der Waals surface area contributed by atoms with Gasteiger partial charge in [-0.25, -0.2) is 0 Å². The van der Waals surface area contributed by atoms with Gasteiger partial charge in [0, 0.05) is 24.7 Å². The van der Waals surface area contributed by atoms with E-state index in [-0.39, 0.29) is 0 Å². The van der Waals surface area contributed by atoms with Crippen LogP contribution in [0.25, 0.3) is 0 Å². The number of anilines is 1. The number of rotatable bonds is 6. The van der Waals surface area contributed by atoms with Gasteiger partial charge in [-0.1, -0.05) is 32.4 Å². The third-order valence-corrected chi connectivity index (χ3v) is 3.86. The van der Waals surface area contributed by atoms with Crippen molar-refractivity contribution in [2.75, 3.05) is 5.73 Å². The molecule has 2 N–H and O–H groups in total. The van der Waals surface area contributed by atoms with Crippen LogP contribution in [0, 0.1) is 5.92 Å². The first-order chi connectivity index (χ1) is 9.10. The first-order valence-electron chi connectivity index (χ1n) is 7.24. The molecule has 1 atom stereocenters. The van der Waals surface area contributed by atoms with Gasteiger partial charge in [0.25, 0.3) is 0 Å². The van der Waals surface area contributed by atoms with Crippen LogP contribution in [0.3, 0.4) is 0 Å². The Bertz CT molecular complexity index is 423. The lowest BCUT2D eigenvalue weighted by Crippen LogP contribution is -2.33. The normalized spacial score (nSPS) is 16.1. The summed E-state index contributed by atoms with van der Waals surface area (Å²) < 4.78 is 0. The Morgan fingerprint density at radius 1 is 1.37 bits per heavy atom. The number of nitrogens with two attached hydrogens (primary N) is 1. The van der Waals surface area contributed by atoms with Crippen LogP contribution in [0.4, 0.5) is 5.69 Å². The summed E-state index contributed by atoms with van der Waals surface area (Å²) in [4.78, 5) is 14.4. The lowest BCUT2D eigenvalue weighted by atomic mass is 10.0. The van der Waals surface area contributed by atoms with Crippen molar-refractivity contribution in [3.05, 3.63) is 29.8 Å². The highest BCUT2D eigenvalue weighted by Gasteiger charge is 2.32. The summed E-state index contributed by atoms with van der Waals surface area (Å²) in [6.07, 6.45) is 4.04. The minimum absolute atomic E-state index is 0.300. The molecule has 1 unspecified atom stereocenters. The molecule has 19 heavy (non-hydrogen) atoms. The van der Waals surface area contributed by atoms with Crippen LogP contribution in [0.1, 0.15) is 45.1 Å². The lowest BCUT2D eigenvalue weighted by molar-refractivity contribution is -0.133. The van der Waals surface area contributed by atoms with Crippen molar-refractivity contribution in [1.29, 1.82) is 0 Å². The van der Waals surface area contributed by atoms with E-state index >= 15 is 0 Å². The van der Waals surface area contributed by atoms with Crippen molar-refractivity contribution in [3.63, 3.8) is 0 Å². The molecule has 1 fully saturated rings. The highest BCUT2D eigenvalue weighted by molar-refractivity contribution is 5.77. The molecule has 0 spiro atoms. The topological polar surface area (TPSA) is 46.3 Å². The maximum Gasteiger partial charge on any atom is 0.223 e. The van der Waals surface area contributed by atoms with Gasteiger partial charge >= 0.3 is 0 Å². The second-order valence-electron chi connectivity index (χ2n) is 5.71. The number of hydrogen-bond acceptors (Lipinski definition) is 2. The fourth-order valence-electron chi connectivity index (χ4n) is 2.19. The van der Waals surface area contributed by atoms with E-state index in [0.29, 0.717) is 24.3 Å². The summed E-state index contributed by atoms with van der Waals surface area (Å²) in [7, 11) is 0. The molecule has 0 aromatic heterocycles. The summed E-state index contributed by atoms with van der Waals surface area (Å²) in [5.74, 6) is 0.772. The molecule has 0 aliphatic heterocycles. The SMILES string of the molecule is CCC(C)CC(=O)N(Cc1ccc(N)cc1)C1CC1. The summed E-state index contributed by atoms with van der Waals surface area (Å²) in [6.45, 7) is 5.01. The molecule has 1 saturated carbocycles. The summed E-state index contributed by atoms with van der Waals surface area (Å²) in [5.41, 5.74) is 7.63. The van der Waals surface area contributed by atoms with Crippen LogP contribution < -0.4 is 5.73 Å². The average Bonchev–Trinajstić information content (AvgIpc) is 3.22. The van der Waals surface area contributed by atoms with E-state index in [1.165, 1.54) is 5.56 Å². The van der Waals surface area contributed by atoms with Crippen molar-refractivity contribution in [3.8, 4) is 0 Å². The van der Waals surface area contributed by atoms with Gasteiger partial charge in [-0.3, -0.25) is 4.79 Å². The quantitative estimate of drug-likeness (QED) is 0.798. The summed E-state index contributed by atoms with van der Waals surface area (Å²) in [6, 6.07) is 8.30. The highest BCUT2D eigenvalue weighted by Crippen LogP contribution is 2.29. The van der Waals surface area contributed by atoms with Crippen LogP contribution in [0.5, 0.6) is 0 Å². The number of carbonyl (C=O) groups excluding carboxylic acids is 1. The maximum absolute atomic E-state index is 12.4. The molecule has 0 saturated heterocycles. The predicted octanol–water partition coefficient (Wildman–Crippen LogP) is 3.20. The Morgan fingerprint density at radius 3 is 2.53 bits per heavy atom. The Kier molecular flexibility index (Phi) is 4.46. The molecular weight excluding hydrogens is 236 g/mol. The monoisotopic (exact) mass is 260 g/mol. The molecular formula is C16H24N2O. The van der Waals surface area contributed by atoms with Crippen molar-refractivity contribution in [2.45, 2.75) is 52.1 Å². The molecule has 3 nitrogen and oxygen atoms in total. The lowest BCUT2D eigenvalue weighted by Gasteiger charge is -2.24. The van der Waals surface area contributed by atoms with E-state index in [0.717, 1.165) is 31.5 Å². The summed E-state index contributed by atoms with van der Waals surface area (Å²) >= 11 is 0. The van der Waals surface area contributed by atoms with E-state index in [9.17, 15) is 4.79 Å². The first kappa shape index (κ1) is 13.9. The molecule has 0 radical (unpaired) electrons. The van der Waals surface area contributed by atoms with Crippen LogP contribution in [0.15, 0.2) is 24.3 Å². The van der Waals surface area contributed by atoms with E-state index in [1.54, 1.807) is 0 Å². The summed E-state index contributed by atoms with van der Waals surface area (Å²) in [5, 5.41) is 0. The largest absolute Gasteiger partial charge is 0.399 e. The van der Waals surface area contributed by atoms with Gasteiger partial charge in [0.2, 0.25) is 5.91 Å². The van der Waals surface area contributed by atoms with Gasteiger partial charge < -0.3 is 10.6 Å². The molecule has 0 heterocycles. The molecule has 0 bridgehead atoms. The number of carbonyl (C=O) groups is 1. The minimum atomic E-state index is 0.300. The van der Waals surface area contributed by atoms with Crippen molar-refractivity contribution < 1.29 is 4.79 Å². The van der Waals surface area contributed by atoms with Crippen LogP contribution in [0.2, 0.25) is 0 Å². The first-order valence-corrected chi connectivity index (χ1v) is 7.24. The molecule has 1 aliphatic carbocycles. The van der Waals surface area contributed by atoms with Crippen LogP contribution in [-0.2, 0) is 11.3 Å². The average molecular weight is 260 g/mol. The molecule has 2 rings (SSSR count). The van der Waals surface area contributed by atoms with Gasteiger partial charge in [0.05, 0.1) is 0 Å². The number of nitrogens with zero attached hydrogens (tertiary/aromatic N) is 1. The number of amides is 1. The second kappa shape index (κ2) is 6.09. The van der Waals surface area contributed by atoms with E-state index < -0.39 is 0 Å². The fraction of sp³-hybridized carbons (Fsp3) is 0.562. The molecule has 1 aliphatic rings. The molecule has 1 aromatic rings. The van der Waals surface area contributed by atoms with Crippen LogP contribution in [-0.4, -0.2) is 16.8 Å². The van der Waals surface area contributed by atoms with Crippen molar-refractivity contribution in [1.82, 2.24) is 4.90 Å². The Balaban J connectivity index is 2.00. The number of benzene rings is 1. The van der Waals surface area contributed by atoms with Crippen LogP contribution >= 0.6 is 0 Å². The van der Waals surface area contributed by atoms with E-state index in [2.05, 4.69) is 18.7 Å². The zero-order chi connectivity index (χ0) is 13.8. The third-order valence-electron chi connectivity index (χ3n) is 3.86. The third kappa shape index (κ3) is 3.98. The zero-order valence-corrected chi connectivity index (χ0v) is 11.9. The van der Waals surface area contributed by atoms with E-state index in [4.69, 9.17) is 5.73 Å². The molecule has 1 aromatic carbocycles. The van der Waals surface area contributed by atoms with Crippen molar-refractivity contribution >= 4 is 11.6 Å². The Morgan fingerprint density at radius 2 is 2.00 bits per heavy atom. The number of nitrogen functional groups attached to an aromatic ring is 1. The van der Waals surface area contributed by atoms with Gasteiger partial charge in [-0.15, -0.1) is 0 Å². The minimum Gasteiger partial charge on any atom is -0.399 e. The van der Waals surface area contributed by atoms with E-state index in [1.807, 2.05) is 24.3 Å². The fourth-order valence-corrected chi connectivity index (χ4v) is 2.19. The Labute approximate surface area is 115 Å². The Hall–Kier alpha value is -1.51. The number of hydrogen-bond donors (Lipinski definition) is 1. The predicted molar refractivity (Wildman–Crippen MR) is 78.5 cm³/mol. The van der Waals surface area contributed by atoms with Crippen molar-refractivity contribution in [2.24, 2.45) is 5.92 Å². The van der Waals surface area contributed by atoms with Gasteiger partial charge in [-0.05, 0) is 36.5 Å².